The highest BCUT2D eigenvalue weighted by Crippen LogP contribution is 2.32. The first-order chi connectivity index (χ1) is 11.1. The van der Waals surface area contributed by atoms with Gasteiger partial charge in [-0.25, -0.2) is 0 Å². The van der Waals surface area contributed by atoms with Gasteiger partial charge in [-0.05, 0) is 54.3 Å². The second-order valence-corrected chi connectivity index (χ2v) is 5.70. The fourth-order valence-electron chi connectivity index (χ4n) is 2.99. The monoisotopic (exact) mass is 308 g/mol. The highest BCUT2D eigenvalue weighted by Gasteiger charge is 2.22. The van der Waals surface area contributed by atoms with Crippen LogP contribution < -0.4 is 10.2 Å². The molecule has 0 bridgehead atoms. The van der Waals surface area contributed by atoms with Crippen molar-refractivity contribution in [3.05, 3.63) is 53.6 Å². The van der Waals surface area contributed by atoms with Crippen LogP contribution in [0.5, 0.6) is 0 Å². The number of carbonyl (C=O) groups is 2. The molecule has 2 aromatic rings. The first kappa shape index (κ1) is 15.3. The van der Waals surface area contributed by atoms with Crippen molar-refractivity contribution in [2.24, 2.45) is 0 Å². The number of nitrogens with zero attached hydrogens (tertiary/aromatic N) is 1. The summed E-state index contributed by atoms with van der Waals surface area (Å²) in [5.74, 6) is 0.0351. The maximum atomic E-state index is 11.8. The summed E-state index contributed by atoms with van der Waals surface area (Å²) in [7, 11) is 0. The summed E-state index contributed by atoms with van der Waals surface area (Å²) in [6.07, 6.45) is 0.889. The topological polar surface area (TPSA) is 49.4 Å². The van der Waals surface area contributed by atoms with Crippen molar-refractivity contribution in [3.63, 3.8) is 0 Å². The van der Waals surface area contributed by atoms with Crippen LogP contribution in [0.1, 0.15) is 29.8 Å². The van der Waals surface area contributed by atoms with Crippen molar-refractivity contribution < 1.29 is 9.59 Å². The van der Waals surface area contributed by atoms with Gasteiger partial charge in [0, 0.05) is 31.3 Å². The number of benzene rings is 2. The van der Waals surface area contributed by atoms with Crippen LogP contribution in [-0.2, 0) is 11.2 Å². The van der Waals surface area contributed by atoms with Crippen molar-refractivity contribution in [1.29, 1.82) is 0 Å². The van der Waals surface area contributed by atoms with Gasteiger partial charge < -0.3 is 10.2 Å². The van der Waals surface area contributed by atoms with Gasteiger partial charge in [-0.15, -0.1) is 0 Å². The molecule has 4 nitrogen and oxygen atoms in total. The van der Waals surface area contributed by atoms with Crippen molar-refractivity contribution >= 4 is 17.5 Å². The van der Waals surface area contributed by atoms with Gasteiger partial charge in [-0.2, -0.15) is 0 Å². The molecule has 0 spiro atoms. The van der Waals surface area contributed by atoms with E-state index in [0.29, 0.717) is 12.1 Å². The summed E-state index contributed by atoms with van der Waals surface area (Å²) in [6, 6.07) is 13.8. The summed E-state index contributed by atoms with van der Waals surface area (Å²) in [6.45, 7) is 4.88. The van der Waals surface area contributed by atoms with E-state index in [4.69, 9.17) is 0 Å². The minimum Gasteiger partial charge on any atom is -0.352 e. The number of rotatable bonds is 3. The van der Waals surface area contributed by atoms with Gasteiger partial charge in [0.1, 0.15) is 0 Å². The molecule has 0 fully saturated rings. The van der Waals surface area contributed by atoms with Crippen molar-refractivity contribution in [2.45, 2.75) is 20.3 Å². The predicted molar refractivity (Wildman–Crippen MR) is 91.6 cm³/mol. The zero-order valence-electron chi connectivity index (χ0n) is 13.4. The Morgan fingerprint density at radius 3 is 2.43 bits per heavy atom. The van der Waals surface area contributed by atoms with E-state index in [2.05, 4.69) is 11.4 Å². The normalized spacial score (nSPS) is 12.9. The second kappa shape index (κ2) is 6.24. The van der Waals surface area contributed by atoms with E-state index in [1.54, 1.807) is 6.92 Å². The molecule has 1 heterocycles. The molecule has 1 N–H and O–H groups in total. The molecule has 0 aromatic heterocycles. The summed E-state index contributed by atoms with van der Waals surface area (Å²) >= 11 is 0. The molecule has 0 radical (unpaired) electrons. The van der Waals surface area contributed by atoms with E-state index in [-0.39, 0.29) is 11.8 Å². The fraction of sp³-hybridized carbons (Fsp3) is 0.263. The summed E-state index contributed by atoms with van der Waals surface area (Å²) in [5, 5.41) is 2.79. The molecule has 0 atom stereocenters. The number of nitrogens with one attached hydrogen (secondary N) is 1. The van der Waals surface area contributed by atoms with Gasteiger partial charge in [-0.1, -0.05) is 18.2 Å². The maximum Gasteiger partial charge on any atom is 0.251 e. The van der Waals surface area contributed by atoms with E-state index in [1.807, 2.05) is 48.2 Å². The SMILES string of the molecule is CCNC(=O)c1ccc(-c2ccc3c(c2)CCN3C(C)=O)cc1. The third-order valence-electron chi connectivity index (χ3n) is 4.17. The number of hydrogen-bond donors (Lipinski definition) is 1. The molecular formula is C19H20N2O2. The van der Waals surface area contributed by atoms with Crippen LogP contribution in [0.25, 0.3) is 11.1 Å². The average Bonchev–Trinajstić information content (AvgIpc) is 2.98. The molecule has 3 rings (SSSR count). The first-order valence-corrected chi connectivity index (χ1v) is 7.90. The molecule has 2 aromatic carbocycles. The van der Waals surface area contributed by atoms with E-state index >= 15 is 0 Å². The minimum absolute atomic E-state index is 0.0508. The summed E-state index contributed by atoms with van der Waals surface area (Å²) < 4.78 is 0. The van der Waals surface area contributed by atoms with Crippen LogP contribution in [0.2, 0.25) is 0 Å². The summed E-state index contributed by atoms with van der Waals surface area (Å²) in [5.41, 5.74) is 5.06. The third-order valence-corrected chi connectivity index (χ3v) is 4.17. The molecule has 0 unspecified atom stereocenters. The second-order valence-electron chi connectivity index (χ2n) is 5.70. The van der Waals surface area contributed by atoms with Crippen molar-refractivity contribution in [3.8, 4) is 11.1 Å². The van der Waals surface area contributed by atoms with Crippen LogP contribution in [0, 0.1) is 0 Å². The van der Waals surface area contributed by atoms with Gasteiger partial charge in [0.2, 0.25) is 5.91 Å². The Labute approximate surface area is 136 Å². The predicted octanol–water partition coefficient (Wildman–Crippen LogP) is 3.01. The Kier molecular flexibility index (Phi) is 4.15. The Morgan fingerprint density at radius 1 is 1.09 bits per heavy atom. The number of amides is 2. The quantitative estimate of drug-likeness (QED) is 0.947. The molecule has 118 valence electrons. The van der Waals surface area contributed by atoms with Gasteiger partial charge >= 0.3 is 0 Å². The van der Waals surface area contributed by atoms with Crippen LogP contribution in [-0.4, -0.2) is 24.9 Å². The highest BCUT2D eigenvalue weighted by atomic mass is 16.2. The van der Waals surface area contributed by atoms with Crippen LogP contribution in [0.15, 0.2) is 42.5 Å². The Bertz CT molecular complexity index is 750. The number of fused-ring (bicyclic) bond motifs is 1. The maximum absolute atomic E-state index is 11.8. The van der Waals surface area contributed by atoms with Gasteiger partial charge in [0.15, 0.2) is 0 Å². The van der Waals surface area contributed by atoms with Gasteiger partial charge in [0.25, 0.3) is 5.91 Å². The van der Waals surface area contributed by atoms with E-state index < -0.39 is 0 Å². The number of carbonyl (C=O) groups excluding carboxylic acids is 2. The molecule has 1 aliphatic heterocycles. The Hall–Kier alpha value is -2.62. The molecular weight excluding hydrogens is 288 g/mol. The highest BCUT2D eigenvalue weighted by molar-refractivity contribution is 5.95. The van der Waals surface area contributed by atoms with E-state index in [1.165, 1.54) is 5.56 Å². The molecule has 1 aliphatic rings. The molecule has 0 saturated carbocycles. The van der Waals surface area contributed by atoms with Gasteiger partial charge in [-0.3, -0.25) is 9.59 Å². The van der Waals surface area contributed by atoms with E-state index in [9.17, 15) is 9.59 Å². The zero-order chi connectivity index (χ0) is 16.4. The standard InChI is InChI=1S/C19H20N2O2/c1-3-20-19(23)15-6-4-14(5-7-15)16-8-9-18-17(12-16)10-11-21(18)13(2)22/h4-9,12H,3,10-11H2,1-2H3,(H,20,23). The minimum atomic E-state index is -0.0508. The number of anilines is 1. The van der Waals surface area contributed by atoms with Crippen LogP contribution >= 0.6 is 0 Å². The van der Waals surface area contributed by atoms with Crippen molar-refractivity contribution in [2.75, 3.05) is 18.0 Å². The smallest absolute Gasteiger partial charge is 0.251 e. The molecule has 4 heteroatoms. The van der Waals surface area contributed by atoms with Crippen molar-refractivity contribution in [1.82, 2.24) is 5.32 Å². The molecule has 2 amide bonds. The largest absolute Gasteiger partial charge is 0.352 e. The first-order valence-electron chi connectivity index (χ1n) is 7.90. The fourth-order valence-corrected chi connectivity index (χ4v) is 2.99. The zero-order valence-corrected chi connectivity index (χ0v) is 13.4. The van der Waals surface area contributed by atoms with Crippen LogP contribution in [0.3, 0.4) is 0 Å². The van der Waals surface area contributed by atoms with Crippen LogP contribution in [0.4, 0.5) is 5.69 Å². The Morgan fingerprint density at radius 2 is 1.78 bits per heavy atom. The molecule has 0 saturated heterocycles. The lowest BCUT2D eigenvalue weighted by molar-refractivity contribution is -0.116. The number of hydrogen-bond acceptors (Lipinski definition) is 2. The molecule has 23 heavy (non-hydrogen) atoms. The lowest BCUT2D eigenvalue weighted by Gasteiger charge is -2.15. The summed E-state index contributed by atoms with van der Waals surface area (Å²) in [4.78, 5) is 25.2. The third kappa shape index (κ3) is 2.97. The van der Waals surface area contributed by atoms with E-state index in [0.717, 1.165) is 29.8 Å². The van der Waals surface area contributed by atoms with Gasteiger partial charge in [0.05, 0.1) is 0 Å². The Balaban J connectivity index is 1.86. The average molecular weight is 308 g/mol. The lowest BCUT2D eigenvalue weighted by atomic mass is 10.0. The molecule has 0 aliphatic carbocycles. The lowest BCUT2D eigenvalue weighted by Crippen LogP contribution is -2.25.